The molecule has 1 heterocycles. The van der Waals surface area contributed by atoms with Crippen LogP contribution in [0.5, 0.6) is 0 Å². The van der Waals surface area contributed by atoms with Crippen molar-refractivity contribution in [2.75, 3.05) is 37.6 Å². The number of hydrogen-bond donors (Lipinski definition) is 0. The Morgan fingerprint density at radius 3 is 2.22 bits per heavy atom. The molecule has 1 saturated heterocycles. The van der Waals surface area contributed by atoms with Crippen LogP contribution < -0.4 is 4.90 Å². The van der Waals surface area contributed by atoms with Gasteiger partial charge in [-0.05, 0) is 74.5 Å². The van der Waals surface area contributed by atoms with Crippen molar-refractivity contribution in [1.82, 2.24) is 4.90 Å². The lowest BCUT2D eigenvalue weighted by Crippen LogP contribution is -2.47. The van der Waals surface area contributed by atoms with E-state index in [1.807, 2.05) is 0 Å². The Hall–Kier alpha value is -0.730. The fraction of sp³-hybridized carbons (Fsp3) is 0.750. The summed E-state index contributed by atoms with van der Waals surface area (Å²) in [4.78, 5) is 5.30. The lowest BCUT2D eigenvalue weighted by Gasteiger charge is -2.44. The van der Waals surface area contributed by atoms with Crippen LogP contribution in [0.25, 0.3) is 0 Å². The molecule has 0 radical (unpaired) electrons. The number of halogens is 1. The van der Waals surface area contributed by atoms with Gasteiger partial charge in [0.2, 0.25) is 0 Å². The van der Waals surface area contributed by atoms with Crippen molar-refractivity contribution >= 4 is 18.1 Å². The lowest BCUT2D eigenvalue weighted by atomic mass is 9.62. The molecule has 3 fully saturated rings. The van der Waals surface area contributed by atoms with Crippen molar-refractivity contribution in [3.05, 3.63) is 29.8 Å². The molecule has 2 nitrogen and oxygen atoms in total. The van der Waals surface area contributed by atoms with Gasteiger partial charge in [-0.25, -0.2) is 0 Å². The van der Waals surface area contributed by atoms with Crippen LogP contribution in [0.3, 0.4) is 0 Å². The average molecular weight is 391 g/mol. The predicted molar refractivity (Wildman–Crippen MR) is 119 cm³/mol. The molecule has 2 aliphatic carbocycles. The second-order valence-corrected chi connectivity index (χ2v) is 9.22. The summed E-state index contributed by atoms with van der Waals surface area (Å²) in [5, 5.41) is 0. The highest BCUT2D eigenvalue weighted by atomic mass is 35.5. The molecule has 1 aromatic carbocycles. The van der Waals surface area contributed by atoms with Gasteiger partial charge in [0.1, 0.15) is 0 Å². The summed E-state index contributed by atoms with van der Waals surface area (Å²) >= 11 is 0. The molecule has 0 N–H and O–H groups in total. The van der Waals surface area contributed by atoms with Gasteiger partial charge >= 0.3 is 0 Å². The molecule has 27 heavy (non-hydrogen) atoms. The largest absolute Gasteiger partial charge is 0.369 e. The van der Waals surface area contributed by atoms with E-state index in [1.54, 1.807) is 11.3 Å². The Morgan fingerprint density at radius 2 is 1.56 bits per heavy atom. The zero-order chi connectivity index (χ0) is 17.8. The smallest absolute Gasteiger partial charge is 0.0402 e. The average Bonchev–Trinajstić information content (AvgIpc) is 2.70. The highest BCUT2D eigenvalue weighted by molar-refractivity contribution is 5.85. The van der Waals surface area contributed by atoms with Gasteiger partial charge in [-0.2, -0.15) is 0 Å². The van der Waals surface area contributed by atoms with Crippen molar-refractivity contribution in [2.45, 2.75) is 77.0 Å². The first-order valence-electron chi connectivity index (χ1n) is 11.4. The van der Waals surface area contributed by atoms with E-state index in [0.717, 1.165) is 11.3 Å². The van der Waals surface area contributed by atoms with Crippen molar-refractivity contribution < 1.29 is 0 Å². The van der Waals surface area contributed by atoms with Crippen LogP contribution in [-0.2, 0) is 0 Å². The fourth-order valence-corrected chi connectivity index (χ4v) is 5.99. The summed E-state index contributed by atoms with van der Waals surface area (Å²) in [6, 6.07) is 9.37. The topological polar surface area (TPSA) is 6.48 Å². The van der Waals surface area contributed by atoms with E-state index in [0.29, 0.717) is 0 Å². The Kier molecular flexibility index (Phi) is 7.50. The van der Waals surface area contributed by atoms with Crippen molar-refractivity contribution in [2.24, 2.45) is 5.41 Å². The summed E-state index contributed by atoms with van der Waals surface area (Å²) in [6.07, 6.45) is 14.6. The van der Waals surface area contributed by atoms with Gasteiger partial charge in [-0.15, -0.1) is 12.4 Å². The van der Waals surface area contributed by atoms with Crippen LogP contribution >= 0.6 is 12.4 Å². The summed E-state index contributed by atoms with van der Waals surface area (Å²) < 4.78 is 0. The monoisotopic (exact) mass is 390 g/mol. The second kappa shape index (κ2) is 9.65. The Bertz CT molecular complexity index is 563. The molecular weight excluding hydrogens is 352 g/mol. The van der Waals surface area contributed by atoms with E-state index in [9.17, 15) is 0 Å². The molecule has 3 aliphatic rings. The molecule has 0 atom stereocenters. The van der Waals surface area contributed by atoms with Crippen LogP contribution in [0.4, 0.5) is 5.69 Å². The molecule has 2 saturated carbocycles. The summed E-state index contributed by atoms with van der Waals surface area (Å²) in [7, 11) is 0. The third kappa shape index (κ3) is 4.82. The number of hydrogen-bond acceptors (Lipinski definition) is 2. The van der Waals surface area contributed by atoms with E-state index in [4.69, 9.17) is 0 Å². The van der Waals surface area contributed by atoms with Crippen LogP contribution in [0, 0.1) is 5.41 Å². The van der Waals surface area contributed by atoms with Crippen LogP contribution in [0.2, 0.25) is 0 Å². The highest BCUT2D eigenvalue weighted by Crippen LogP contribution is 2.51. The SMILES string of the molecule is CCCN1CCN(c2ccccc2C2CCC3(CCCCC3)CC2)CC1.Cl. The Balaban J connectivity index is 0.00000210. The van der Waals surface area contributed by atoms with Crippen LogP contribution in [-0.4, -0.2) is 37.6 Å². The number of rotatable bonds is 4. The maximum atomic E-state index is 2.67. The molecule has 0 amide bonds. The molecule has 0 bridgehead atoms. The van der Waals surface area contributed by atoms with E-state index in [1.165, 1.54) is 96.9 Å². The number of anilines is 1. The molecule has 1 aliphatic heterocycles. The third-order valence-corrected chi connectivity index (χ3v) is 7.59. The zero-order valence-electron chi connectivity index (χ0n) is 17.3. The molecule has 1 spiro atoms. The predicted octanol–water partition coefficient (Wildman–Crippen LogP) is 6.25. The molecule has 152 valence electrons. The van der Waals surface area contributed by atoms with Crippen molar-refractivity contribution in [3.8, 4) is 0 Å². The van der Waals surface area contributed by atoms with Gasteiger partial charge in [0.05, 0.1) is 0 Å². The minimum atomic E-state index is 0. The molecule has 0 aromatic heterocycles. The van der Waals surface area contributed by atoms with Gasteiger partial charge < -0.3 is 4.90 Å². The lowest BCUT2D eigenvalue weighted by molar-refractivity contribution is 0.114. The van der Waals surface area contributed by atoms with Crippen LogP contribution in [0.1, 0.15) is 82.6 Å². The van der Waals surface area contributed by atoms with Crippen molar-refractivity contribution in [1.29, 1.82) is 0 Å². The second-order valence-electron chi connectivity index (χ2n) is 9.22. The summed E-state index contributed by atoms with van der Waals surface area (Å²) in [6.45, 7) is 8.43. The first kappa shape index (κ1) is 21.0. The van der Waals surface area contributed by atoms with Crippen LogP contribution in [0.15, 0.2) is 24.3 Å². The number of nitrogens with zero attached hydrogens (tertiary/aromatic N) is 2. The maximum absolute atomic E-state index is 2.67. The highest BCUT2D eigenvalue weighted by Gasteiger charge is 2.37. The van der Waals surface area contributed by atoms with E-state index < -0.39 is 0 Å². The van der Waals surface area contributed by atoms with Gasteiger partial charge in [0.15, 0.2) is 0 Å². The van der Waals surface area contributed by atoms with E-state index in [-0.39, 0.29) is 12.4 Å². The summed E-state index contributed by atoms with van der Waals surface area (Å²) in [5.41, 5.74) is 3.94. The molecule has 4 rings (SSSR count). The Morgan fingerprint density at radius 1 is 0.889 bits per heavy atom. The molecule has 0 unspecified atom stereocenters. The van der Waals surface area contributed by atoms with Gasteiger partial charge in [-0.1, -0.05) is 44.4 Å². The standard InChI is InChI=1S/C24H38N2.ClH/c1-2-16-25-17-19-26(20-18-25)23-9-5-4-8-22(23)21-10-14-24(15-11-21)12-6-3-7-13-24;/h4-5,8-9,21H,2-3,6-7,10-20H2,1H3;1H. The first-order chi connectivity index (χ1) is 12.8. The summed E-state index contributed by atoms with van der Waals surface area (Å²) in [5.74, 6) is 0.799. The molecule has 3 heteroatoms. The quantitative estimate of drug-likeness (QED) is 0.599. The van der Waals surface area contributed by atoms with Gasteiger partial charge in [-0.3, -0.25) is 4.90 Å². The minimum absolute atomic E-state index is 0. The van der Waals surface area contributed by atoms with E-state index >= 15 is 0 Å². The molecular formula is C24H39ClN2. The number of benzene rings is 1. The Labute approximate surface area is 173 Å². The number of para-hydroxylation sites is 1. The third-order valence-electron chi connectivity index (χ3n) is 7.59. The van der Waals surface area contributed by atoms with E-state index in [2.05, 4.69) is 41.0 Å². The maximum Gasteiger partial charge on any atom is 0.0402 e. The van der Waals surface area contributed by atoms with Gasteiger partial charge in [0.25, 0.3) is 0 Å². The van der Waals surface area contributed by atoms with Crippen molar-refractivity contribution in [3.63, 3.8) is 0 Å². The van der Waals surface area contributed by atoms with Gasteiger partial charge in [0, 0.05) is 31.9 Å². The first-order valence-corrected chi connectivity index (χ1v) is 11.4. The molecule has 1 aromatic rings. The normalized spacial score (nSPS) is 24.0. The zero-order valence-corrected chi connectivity index (χ0v) is 18.1. The number of piperazine rings is 1. The fourth-order valence-electron chi connectivity index (χ4n) is 5.99. The minimum Gasteiger partial charge on any atom is -0.369 e.